The van der Waals surface area contributed by atoms with Crippen LogP contribution in [0.4, 0.5) is 0 Å². The van der Waals surface area contributed by atoms with Gasteiger partial charge < -0.3 is 4.74 Å². The summed E-state index contributed by atoms with van der Waals surface area (Å²) in [5.74, 6) is 0.989. The summed E-state index contributed by atoms with van der Waals surface area (Å²) in [5, 5.41) is 0. The van der Waals surface area contributed by atoms with Gasteiger partial charge in [-0.3, -0.25) is 0 Å². The van der Waals surface area contributed by atoms with Crippen molar-refractivity contribution in [3.63, 3.8) is 0 Å². The largest absolute Gasteiger partial charge is 0.495 e. The van der Waals surface area contributed by atoms with Gasteiger partial charge in [0, 0.05) is 6.42 Å². The van der Waals surface area contributed by atoms with Crippen LogP contribution in [0.25, 0.3) is 0 Å². The normalized spacial score (nSPS) is 11.5. The average molecular weight is 351 g/mol. The highest BCUT2D eigenvalue weighted by atomic mass is 16.5. The molecule has 0 saturated heterocycles. The first-order chi connectivity index (χ1) is 12.2. The van der Waals surface area contributed by atoms with Gasteiger partial charge in [0.1, 0.15) is 0 Å². The van der Waals surface area contributed by atoms with Gasteiger partial charge in [-0.25, -0.2) is 0 Å². The van der Waals surface area contributed by atoms with Gasteiger partial charge in [0.25, 0.3) is 0 Å². The van der Waals surface area contributed by atoms with Crippen LogP contribution in [0.1, 0.15) is 124 Å². The molecular weight excluding hydrogens is 304 g/mol. The lowest BCUT2D eigenvalue weighted by Crippen LogP contribution is -2.09. The lowest BCUT2D eigenvalue weighted by atomic mass is 10.1. The highest BCUT2D eigenvalue weighted by Crippen LogP contribution is 2.15. The molecule has 0 aliphatic rings. The molecule has 1 heteroatoms. The predicted octanol–water partition coefficient (Wildman–Crippen LogP) is 8.74. The molecule has 0 rings (SSSR count). The first-order valence-corrected chi connectivity index (χ1v) is 11.2. The van der Waals surface area contributed by atoms with Crippen LogP contribution in [0, 0.1) is 0 Å². The molecule has 0 unspecified atom stereocenters. The monoisotopic (exact) mass is 350 g/mol. The molecule has 0 aliphatic carbocycles. The smallest absolute Gasteiger partial charge is 0.0976 e. The van der Waals surface area contributed by atoms with Gasteiger partial charge in [0.05, 0.1) is 11.9 Å². The fraction of sp³-hybridized carbons (Fsp3) is 0.833. The maximum absolute atomic E-state index is 5.86. The van der Waals surface area contributed by atoms with Gasteiger partial charge >= 0.3 is 0 Å². The lowest BCUT2D eigenvalue weighted by Gasteiger charge is -2.17. The van der Waals surface area contributed by atoms with E-state index in [1.165, 1.54) is 83.5 Å². The molecule has 0 amide bonds. The minimum atomic E-state index is 0.369. The fourth-order valence-electron chi connectivity index (χ4n) is 3.14. The van der Waals surface area contributed by atoms with Crippen molar-refractivity contribution < 1.29 is 4.74 Å². The highest BCUT2D eigenvalue weighted by Gasteiger charge is 2.05. The van der Waals surface area contributed by atoms with Crippen LogP contribution in [0.2, 0.25) is 0 Å². The first kappa shape index (κ1) is 24.3. The van der Waals surface area contributed by atoms with Crippen LogP contribution in [-0.2, 0) is 4.74 Å². The second-order valence-electron chi connectivity index (χ2n) is 7.43. The van der Waals surface area contributed by atoms with Gasteiger partial charge in [-0.2, -0.15) is 0 Å². The Hall–Kier alpha value is -0.720. The zero-order chi connectivity index (χ0) is 18.6. The molecule has 0 heterocycles. The molecule has 0 N–H and O–H groups in total. The Kier molecular flexibility index (Phi) is 19.0. The Morgan fingerprint density at radius 2 is 1.20 bits per heavy atom. The topological polar surface area (TPSA) is 9.23 Å². The summed E-state index contributed by atoms with van der Waals surface area (Å²) in [6.45, 7) is 10.7. The number of hydrogen-bond donors (Lipinski definition) is 0. The van der Waals surface area contributed by atoms with Crippen molar-refractivity contribution in [1.82, 2.24) is 0 Å². The summed E-state index contributed by atoms with van der Waals surface area (Å²) in [6.07, 6.45) is 25.9. The van der Waals surface area contributed by atoms with Crippen LogP contribution < -0.4 is 0 Å². The highest BCUT2D eigenvalue weighted by molar-refractivity contribution is 4.84. The Balaban J connectivity index is 3.28. The second kappa shape index (κ2) is 19.6. The number of allylic oxidation sites excluding steroid dienone is 3. The molecule has 1 nitrogen and oxygen atoms in total. The van der Waals surface area contributed by atoms with E-state index in [1.54, 1.807) is 0 Å². The van der Waals surface area contributed by atoms with Gasteiger partial charge in [0.2, 0.25) is 0 Å². The van der Waals surface area contributed by atoms with Crippen molar-refractivity contribution in [2.24, 2.45) is 0 Å². The molecule has 0 spiro atoms. The third kappa shape index (κ3) is 17.9. The van der Waals surface area contributed by atoms with E-state index in [9.17, 15) is 0 Å². The van der Waals surface area contributed by atoms with E-state index in [0.717, 1.165) is 25.0 Å². The summed E-state index contributed by atoms with van der Waals surface area (Å²) < 4.78 is 5.86. The van der Waals surface area contributed by atoms with Crippen molar-refractivity contribution in [2.75, 3.05) is 0 Å². The van der Waals surface area contributed by atoms with Crippen LogP contribution in [0.3, 0.4) is 0 Å². The summed E-state index contributed by atoms with van der Waals surface area (Å²) in [7, 11) is 0. The van der Waals surface area contributed by atoms with Crippen molar-refractivity contribution in [3.8, 4) is 0 Å². The molecule has 0 aromatic heterocycles. The third-order valence-corrected chi connectivity index (χ3v) is 4.96. The molecular formula is C24H46O. The molecule has 25 heavy (non-hydrogen) atoms. The van der Waals surface area contributed by atoms with E-state index in [1.807, 2.05) is 0 Å². The van der Waals surface area contributed by atoms with Crippen molar-refractivity contribution in [2.45, 2.75) is 130 Å². The molecule has 0 saturated carbocycles. The zero-order valence-corrected chi connectivity index (χ0v) is 17.7. The zero-order valence-electron chi connectivity index (χ0n) is 17.7. The number of rotatable bonds is 19. The van der Waals surface area contributed by atoms with Crippen LogP contribution in [0.15, 0.2) is 24.5 Å². The second-order valence-corrected chi connectivity index (χ2v) is 7.43. The summed E-state index contributed by atoms with van der Waals surface area (Å²) >= 11 is 0. The number of unbranched alkanes of at least 4 members (excludes halogenated alkanes) is 11. The molecule has 0 atom stereocenters. The number of hydrogen-bond acceptors (Lipinski definition) is 1. The minimum Gasteiger partial charge on any atom is -0.495 e. The van der Waals surface area contributed by atoms with Gasteiger partial charge in [0.15, 0.2) is 0 Å². The summed E-state index contributed by atoms with van der Waals surface area (Å²) in [5.41, 5.74) is 0. The van der Waals surface area contributed by atoms with Gasteiger partial charge in [-0.15, -0.1) is 0 Å². The Bertz CT molecular complexity index is 301. The van der Waals surface area contributed by atoms with E-state index in [-0.39, 0.29) is 0 Å². The van der Waals surface area contributed by atoms with Crippen molar-refractivity contribution in [1.29, 1.82) is 0 Å². The maximum Gasteiger partial charge on any atom is 0.0976 e. The van der Waals surface area contributed by atoms with Crippen LogP contribution in [-0.4, -0.2) is 6.10 Å². The van der Waals surface area contributed by atoms with Gasteiger partial charge in [-0.1, -0.05) is 90.9 Å². The van der Waals surface area contributed by atoms with Crippen LogP contribution in [0.5, 0.6) is 0 Å². The molecule has 0 radical (unpaired) electrons. The van der Waals surface area contributed by atoms with E-state index >= 15 is 0 Å². The first-order valence-electron chi connectivity index (χ1n) is 11.2. The fourth-order valence-corrected chi connectivity index (χ4v) is 3.14. The standard InChI is InChI=1S/C24H46O/c1-5-8-9-10-11-12-13-14-15-16-17-18-19-20-21-22-23(4)25-24(6-2)7-3/h15-16,24H,4-14,17-22H2,1-3H3/b16-15+. The molecule has 0 fully saturated rings. The van der Waals surface area contributed by atoms with E-state index < -0.39 is 0 Å². The van der Waals surface area contributed by atoms with Crippen LogP contribution >= 0.6 is 0 Å². The maximum atomic E-state index is 5.86. The Labute approximate surface area is 159 Å². The average Bonchev–Trinajstić information content (AvgIpc) is 2.62. The lowest BCUT2D eigenvalue weighted by molar-refractivity contribution is 0.103. The third-order valence-electron chi connectivity index (χ3n) is 4.96. The summed E-state index contributed by atoms with van der Waals surface area (Å²) in [4.78, 5) is 0. The number of ether oxygens (including phenoxy) is 1. The SMILES string of the molecule is C=C(CCCCCC/C=C/CCCCCCCCC)OC(CC)CC. The van der Waals surface area contributed by atoms with Gasteiger partial charge in [-0.05, 0) is 44.9 Å². The van der Waals surface area contributed by atoms with E-state index in [4.69, 9.17) is 4.74 Å². The Morgan fingerprint density at radius 1 is 0.720 bits per heavy atom. The van der Waals surface area contributed by atoms with Crippen molar-refractivity contribution in [3.05, 3.63) is 24.5 Å². The van der Waals surface area contributed by atoms with E-state index in [0.29, 0.717) is 6.10 Å². The van der Waals surface area contributed by atoms with Crippen molar-refractivity contribution >= 4 is 0 Å². The molecule has 0 aromatic carbocycles. The Morgan fingerprint density at radius 3 is 1.72 bits per heavy atom. The minimum absolute atomic E-state index is 0.369. The molecule has 0 bridgehead atoms. The molecule has 148 valence electrons. The summed E-state index contributed by atoms with van der Waals surface area (Å²) in [6, 6.07) is 0. The predicted molar refractivity (Wildman–Crippen MR) is 114 cm³/mol. The van der Waals surface area contributed by atoms with E-state index in [2.05, 4.69) is 39.5 Å². The molecule has 0 aromatic rings. The molecule has 0 aliphatic heterocycles. The quantitative estimate of drug-likeness (QED) is 0.128.